The summed E-state index contributed by atoms with van der Waals surface area (Å²) in [6.07, 6.45) is 1.77. The van der Waals surface area contributed by atoms with Gasteiger partial charge in [-0.05, 0) is 53.8 Å². The topological polar surface area (TPSA) is 59.9 Å². The van der Waals surface area contributed by atoms with Crippen molar-refractivity contribution in [2.45, 2.75) is 12.8 Å². The molecule has 5 nitrogen and oxygen atoms in total. The van der Waals surface area contributed by atoms with Crippen LogP contribution < -0.4 is 10.3 Å². The number of methoxy groups -OCH3 is 1. The van der Waals surface area contributed by atoms with Gasteiger partial charge in [0.25, 0.3) is 5.56 Å². The third-order valence-electron chi connectivity index (χ3n) is 6.24. The highest BCUT2D eigenvalue weighted by molar-refractivity contribution is 5.98. The minimum atomic E-state index is -0.0915. The van der Waals surface area contributed by atoms with Crippen molar-refractivity contribution in [1.29, 1.82) is 0 Å². The van der Waals surface area contributed by atoms with Crippen LogP contribution in [0.15, 0.2) is 83.7 Å². The van der Waals surface area contributed by atoms with E-state index in [0.29, 0.717) is 11.0 Å². The number of para-hydroxylation sites is 1. The summed E-state index contributed by atoms with van der Waals surface area (Å²) in [5.74, 6) is 0.786. The van der Waals surface area contributed by atoms with E-state index in [1.165, 1.54) is 5.56 Å². The van der Waals surface area contributed by atoms with Crippen LogP contribution in [-0.4, -0.2) is 21.9 Å². The van der Waals surface area contributed by atoms with E-state index in [4.69, 9.17) is 9.72 Å². The van der Waals surface area contributed by atoms with Gasteiger partial charge in [-0.2, -0.15) is 0 Å². The second-order valence-corrected chi connectivity index (χ2v) is 8.01. The molecule has 0 fully saturated rings. The van der Waals surface area contributed by atoms with Crippen LogP contribution in [0.2, 0.25) is 0 Å². The lowest BCUT2D eigenvalue weighted by atomic mass is 9.84. The Balaban J connectivity index is 1.71. The van der Waals surface area contributed by atoms with Gasteiger partial charge < -0.3 is 4.74 Å². The average molecular weight is 419 g/mol. The van der Waals surface area contributed by atoms with Crippen molar-refractivity contribution in [3.05, 3.63) is 100 Å². The average Bonchev–Trinajstić information content (AvgIpc) is 3.19. The summed E-state index contributed by atoms with van der Waals surface area (Å²) in [6, 6.07) is 25.9. The molecule has 0 bridgehead atoms. The van der Waals surface area contributed by atoms with Crippen LogP contribution >= 0.6 is 0 Å². The van der Waals surface area contributed by atoms with Gasteiger partial charge in [-0.15, -0.1) is 0 Å². The van der Waals surface area contributed by atoms with Crippen molar-refractivity contribution in [3.63, 3.8) is 0 Å². The van der Waals surface area contributed by atoms with Gasteiger partial charge >= 0.3 is 0 Å². The zero-order valence-electron chi connectivity index (χ0n) is 17.6. The molecule has 32 heavy (non-hydrogen) atoms. The zero-order chi connectivity index (χ0) is 21.7. The van der Waals surface area contributed by atoms with Crippen LogP contribution in [-0.2, 0) is 12.8 Å². The number of fused-ring (bicyclic) bond motifs is 4. The third-order valence-corrected chi connectivity index (χ3v) is 6.24. The molecule has 3 aromatic carbocycles. The van der Waals surface area contributed by atoms with Crippen LogP contribution in [0.5, 0.6) is 5.75 Å². The van der Waals surface area contributed by atoms with Crippen LogP contribution in [0.4, 0.5) is 0 Å². The highest BCUT2D eigenvalue weighted by atomic mass is 16.5. The molecular formula is C27H21N3O2. The first-order valence-corrected chi connectivity index (χ1v) is 10.7. The fraction of sp³-hybridized carbons (Fsp3) is 0.111. The van der Waals surface area contributed by atoms with Crippen molar-refractivity contribution in [2.24, 2.45) is 0 Å². The van der Waals surface area contributed by atoms with Gasteiger partial charge in [0.2, 0.25) is 0 Å². The Labute approximate surface area is 184 Å². The first-order valence-electron chi connectivity index (χ1n) is 10.7. The number of pyridine rings is 1. The number of aromatic amines is 1. The van der Waals surface area contributed by atoms with Gasteiger partial charge in [0.15, 0.2) is 5.65 Å². The SMILES string of the molecule is COc1ccc(-c2c3c(nc4[nH]n(-c5ccccc5)c(=O)c24)-c2ccccc2CC3)cc1. The number of nitrogens with one attached hydrogen (secondary N) is 1. The smallest absolute Gasteiger partial charge is 0.281 e. The highest BCUT2D eigenvalue weighted by Crippen LogP contribution is 2.40. The van der Waals surface area contributed by atoms with Crippen molar-refractivity contribution in [2.75, 3.05) is 7.11 Å². The van der Waals surface area contributed by atoms with Crippen molar-refractivity contribution in [1.82, 2.24) is 14.8 Å². The molecule has 0 saturated carbocycles. The Morgan fingerprint density at radius 2 is 1.66 bits per heavy atom. The highest BCUT2D eigenvalue weighted by Gasteiger charge is 2.26. The summed E-state index contributed by atoms with van der Waals surface area (Å²) >= 11 is 0. The van der Waals surface area contributed by atoms with Crippen molar-refractivity contribution < 1.29 is 4.74 Å². The Hall–Kier alpha value is -4.12. The predicted octanol–water partition coefficient (Wildman–Crippen LogP) is 5.16. The van der Waals surface area contributed by atoms with Crippen LogP contribution in [0.25, 0.3) is 39.1 Å². The van der Waals surface area contributed by atoms with Crippen LogP contribution in [0, 0.1) is 0 Å². The maximum absolute atomic E-state index is 13.6. The van der Waals surface area contributed by atoms with E-state index in [1.54, 1.807) is 11.8 Å². The van der Waals surface area contributed by atoms with E-state index in [-0.39, 0.29) is 5.56 Å². The number of H-pyrrole nitrogens is 1. The molecule has 0 spiro atoms. The van der Waals surface area contributed by atoms with Gasteiger partial charge in [-0.25, -0.2) is 9.67 Å². The molecule has 0 aliphatic heterocycles. The maximum atomic E-state index is 13.6. The normalized spacial score (nSPS) is 12.4. The molecular weight excluding hydrogens is 398 g/mol. The lowest BCUT2D eigenvalue weighted by Crippen LogP contribution is -2.15. The standard InChI is InChI=1S/C27H21N3O2/c1-32-20-14-11-18(12-15-20)23-22-16-13-17-7-5-6-10-21(17)25(22)28-26-24(23)27(31)30(29-26)19-8-3-2-4-9-19/h2-12,14-15H,13,16H2,1H3,(H,28,29). The lowest BCUT2D eigenvalue weighted by molar-refractivity contribution is 0.415. The number of nitrogens with zero attached hydrogens (tertiary/aromatic N) is 2. The minimum absolute atomic E-state index is 0.0915. The molecule has 6 rings (SSSR count). The van der Waals surface area contributed by atoms with Gasteiger partial charge in [0, 0.05) is 11.1 Å². The maximum Gasteiger partial charge on any atom is 0.281 e. The number of aromatic nitrogens is 3. The van der Waals surface area contributed by atoms with E-state index in [1.807, 2.05) is 60.7 Å². The molecule has 156 valence electrons. The van der Waals surface area contributed by atoms with Gasteiger partial charge in [-0.1, -0.05) is 54.6 Å². The summed E-state index contributed by atoms with van der Waals surface area (Å²) in [6.45, 7) is 0. The van der Waals surface area contributed by atoms with Crippen molar-refractivity contribution >= 4 is 11.0 Å². The summed E-state index contributed by atoms with van der Waals surface area (Å²) in [4.78, 5) is 18.6. The molecule has 1 N–H and O–H groups in total. The summed E-state index contributed by atoms with van der Waals surface area (Å²) in [5.41, 5.74) is 7.74. The fourth-order valence-corrected chi connectivity index (χ4v) is 4.71. The Morgan fingerprint density at radius 3 is 2.44 bits per heavy atom. The van der Waals surface area contributed by atoms with E-state index in [2.05, 4.69) is 23.3 Å². The van der Waals surface area contributed by atoms with Gasteiger partial charge in [0.05, 0.1) is 23.9 Å². The number of ether oxygens (including phenoxy) is 1. The summed E-state index contributed by atoms with van der Waals surface area (Å²) in [7, 11) is 1.66. The molecule has 2 heterocycles. The molecule has 1 aliphatic carbocycles. The largest absolute Gasteiger partial charge is 0.497 e. The van der Waals surface area contributed by atoms with Crippen LogP contribution in [0.1, 0.15) is 11.1 Å². The van der Waals surface area contributed by atoms with Crippen LogP contribution in [0.3, 0.4) is 0 Å². The van der Waals surface area contributed by atoms with Gasteiger partial charge in [0.1, 0.15) is 5.75 Å². The van der Waals surface area contributed by atoms with E-state index < -0.39 is 0 Å². The summed E-state index contributed by atoms with van der Waals surface area (Å²) < 4.78 is 6.94. The molecule has 0 saturated heterocycles. The molecule has 5 aromatic rings. The monoisotopic (exact) mass is 419 g/mol. The minimum Gasteiger partial charge on any atom is -0.497 e. The van der Waals surface area contributed by atoms with E-state index in [9.17, 15) is 4.79 Å². The number of hydrogen-bond donors (Lipinski definition) is 1. The number of rotatable bonds is 3. The van der Waals surface area contributed by atoms with E-state index in [0.717, 1.165) is 52.2 Å². The predicted molar refractivity (Wildman–Crippen MR) is 127 cm³/mol. The molecule has 5 heteroatoms. The number of benzene rings is 3. The quantitative estimate of drug-likeness (QED) is 0.440. The first-order chi connectivity index (χ1) is 15.7. The first kappa shape index (κ1) is 18.6. The lowest BCUT2D eigenvalue weighted by Gasteiger charge is -2.22. The molecule has 0 amide bonds. The third kappa shape index (κ3) is 2.78. The second kappa shape index (κ2) is 7.24. The molecule has 1 aliphatic rings. The zero-order valence-corrected chi connectivity index (χ0v) is 17.6. The molecule has 0 radical (unpaired) electrons. The number of hydrogen-bond acceptors (Lipinski definition) is 3. The Morgan fingerprint density at radius 1 is 0.906 bits per heavy atom. The number of aryl methyl sites for hydroxylation is 1. The molecule has 0 unspecified atom stereocenters. The second-order valence-electron chi connectivity index (χ2n) is 8.01. The fourth-order valence-electron chi connectivity index (χ4n) is 4.71. The Kier molecular flexibility index (Phi) is 4.21. The molecule has 0 atom stereocenters. The van der Waals surface area contributed by atoms with Gasteiger partial charge in [-0.3, -0.25) is 9.89 Å². The van der Waals surface area contributed by atoms with E-state index >= 15 is 0 Å². The van der Waals surface area contributed by atoms with Crippen molar-refractivity contribution in [3.8, 4) is 33.8 Å². The molecule has 2 aromatic heterocycles. The summed E-state index contributed by atoms with van der Waals surface area (Å²) in [5, 5.41) is 3.88. The Bertz CT molecular complexity index is 1510.